The molecule has 2 fully saturated rings. The predicted octanol–water partition coefficient (Wildman–Crippen LogP) is 1.51. The summed E-state index contributed by atoms with van der Waals surface area (Å²) in [5, 5.41) is 5.16. The van der Waals surface area contributed by atoms with Gasteiger partial charge in [-0.15, -0.1) is 0 Å². The van der Waals surface area contributed by atoms with Crippen molar-refractivity contribution in [2.24, 2.45) is 11.3 Å². The molecule has 112 valence electrons. The van der Waals surface area contributed by atoms with Crippen LogP contribution < -0.4 is 10.6 Å². The molecule has 5 heteroatoms. The topological polar surface area (TPSA) is 75.3 Å². The monoisotopic (exact) mass is 280 g/mol. The Morgan fingerprint density at radius 3 is 2.55 bits per heavy atom. The van der Waals surface area contributed by atoms with E-state index in [4.69, 9.17) is 0 Å². The number of hydrogen-bond donors (Lipinski definition) is 2. The highest BCUT2D eigenvalue weighted by molar-refractivity contribution is 6.02. The first kappa shape index (κ1) is 15.0. The summed E-state index contributed by atoms with van der Waals surface area (Å²) in [6.07, 6.45) is 5.55. The van der Waals surface area contributed by atoms with Crippen molar-refractivity contribution in [3.63, 3.8) is 0 Å². The van der Waals surface area contributed by atoms with Crippen LogP contribution in [0.25, 0.3) is 0 Å². The van der Waals surface area contributed by atoms with Crippen LogP contribution >= 0.6 is 0 Å². The molecule has 2 rings (SSSR count). The zero-order valence-electron chi connectivity index (χ0n) is 12.3. The third-order valence-corrected chi connectivity index (χ3v) is 4.39. The second-order valence-corrected chi connectivity index (χ2v) is 6.56. The molecule has 20 heavy (non-hydrogen) atoms. The van der Waals surface area contributed by atoms with Gasteiger partial charge < -0.3 is 5.32 Å². The minimum Gasteiger partial charge on any atom is -0.344 e. The van der Waals surface area contributed by atoms with Gasteiger partial charge in [0.15, 0.2) is 0 Å². The molecule has 0 radical (unpaired) electrons. The summed E-state index contributed by atoms with van der Waals surface area (Å²) in [6, 6.07) is -0.551. The van der Waals surface area contributed by atoms with Gasteiger partial charge in [-0.2, -0.15) is 0 Å². The van der Waals surface area contributed by atoms with E-state index in [1.807, 2.05) is 0 Å². The van der Waals surface area contributed by atoms with Crippen molar-refractivity contribution in [1.29, 1.82) is 0 Å². The fourth-order valence-electron chi connectivity index (χ4n) is 3.50. The molecule has 1 saturated carbocycles. The number of rotatable bonds is 4. The van der Waals surface area contributed by atoms with Crippen LogP contribution in [0.4, 0.5) is 0 Å². The maximum Gasteiger partial charge on any atom is 0.249 e. The fraction of sp³-hybridized carbons (Fsp3) is 0.800. The van der Waals surface area contributed by atoms with Gasteiger partial charge in [0.2, 0.25) is 17.7 Å². The van der Waals surface area contributed by atoms with Crippen LogP contribution in [0.1, 0.15) is 58.8 Å². The van der Waals surface area contributed by atoms with Gasteiger partial charge in [0, 0.05) is 11.8 Å². The highest BCUT2D eigenvalue weighted by Gasteiger charge is 2.43. The number of hydrogen-bond acceptors (Lipinski definition) is 3. The molecule has 1 aliphatic heterocycles. The number of piperidine rings is 1. The molecule has 5 nitrogen and oxygen atoms in total. The number of carbonyl (C=O) groups excluding carboxylic acids is 3. The number of nitrogens with one attached hydrogen (secondary N) is 2. The van der Waals surface area contributed by atoms with Crippen LogP contribution in [0, 0.1) is 11.3 Å². The number of imide groups is 1. The van der Waals surface area contributed by atoms with Gasteiger partial charge in [-0.1, -0.05) is 26.7 Å². The van der Waals surface area contributed by atoms with Gasteiger partial charge in [-0.05, 0) is 31.6 Å². The lowest BCUT2D eigenvalue weighted by atomic mass is 9.77. The Bertz CT molecular complexity index is 411. The fourth-order valence-corrected chi connectivity index (χ4v) is 3.50. The van der Waals surface area contributed by atoms with E-state index in [0.29, 0.717) is 18.8 Å². The SMILES string of the molecule is CC(C)CC1(C(=O)NC2CCC(=O)NC2=O)CCCC1. The van der Waals surface area contributed by atoms with Crippen LogP contribution in [0.2, 0.25) is 0 Å². The Morgan fingerprint density at radius 2 is 2.00 bits per heavy atom. The molecular weight excluding hydrogens is 256 g/mol. The van der Waals surface area contributed by atoms with E-state index in [2.05, 4.69) is 24.5 Å². The summed E-state index contributed by atoms with van der Waals surface area (Å²) in [5.74, 6) is -0.163. The van der Waals surface area contributed by atoms with Gasteiger partial charge in [0.05, 0.1) is 0 Å². The average Bonchev–Trinajstić information content (AvgIpc) is 2.81. The van der Waals surface area contributed by atoms with Crippen molar-refractivity contribution >= 4 is 17.7 Å². The minimum atomic E-state index is -0.551. The summed E-state index contributed by atoms with van der Waals surface area (Å²) in [6.45, 7) is 4.25. The number of carbonyl (C=O) groups is 3. The van der Waals surface area contributed by atoms with Crippen LogP contribution in [0.15, 0.2) is 0 Å². The van der Waals surface area contributed by atoms with Gasteiger partial charge in [-0.3, -0.25) is 19.7 Å². The smallest absolute Gasteiger partial charge is 0.249 e. The predicted molar refractivity (Wildman–Crippen MR) is 74.7 cm³/mol. The highest BCUT2D eigenvalue weighted by atomic mass is 16.2. The maximum atomic E-state index is 12.6. The molecule has 0 bridgehead atoms. The van der Waals surface area contributed by atoms with E-state index in [9.17, 15) is 14.4 Å². The molecule has 2 N–H and O–H groups in total. The first-order valence-electron chi connectivity index (χ1n) is 7.58. The second kappa shape index (κ2) is 5.94. The third kappa shape index (κ3) is 3.19. The molecule has 1 atom stereocenters. The summed E-state index contributed by atoms with van der Waals surface area (Å²) >= 11 is 0. The third-order valence-electron chi connectivity index (χ3n) is 4.39. The molecule has 3 amide bonds. The van der Waals surface area contributed by atoms with Crippen molar-refractivity contribution in [3.05, 3.63) is 0 Å². The normalized spacial score (nSPS) is 25.6. The quantitative estimate of drug-likeness (QED) is 0.767. The van der Waals surface area contributed by atoms with E-state index in [0.717, 1.165) is 32.1 Å². The van der Waals surface area contributed by atoms with E-state index < -0.39 is 6.04 Å². The zero-order chi connectivity index (χ0) is 14.8. The van der Waals surface area contributed by atoms with E-state index in [-0.39, 0.29) is 23.1 Å². The average molecular weight is 280 g/mol. The number of amides is 3. The Kier molecular flexibility index (Phi) is 4.45. The van der Waals surface area contributed by atoms with E-state index in [1.54, 1.807) is 0 Å². The maximum absolute atomic E-state index is 12.6. The summed E-state index contributed by atoms with van der Waals surface area (Å²) < 4.78 is 0. The lowest BCUT2D eigenvalue weighted by Crippen LogP contribution is -2.55. The van der Waals surface area contributed by atoms with Gasteiger partial charge in [0.25, 0.3) is 0 Å². The molecule has 1 saturated heterocycles. The van der Waals surface area contributed by atoms with Gasteiger partial charge in [-0.25, -0.2) is 0 Å². The van der Waals surface area contributed by atoms with Crippen molar-refractivity contribution in [2.45, 2.75) is 64.8 Å². The molecule has 0 spiro atoms. The summed E-state index contributed by atoms with van der Waals surface area (Å²) in [7, 11) is 0. The zero-order valence-corrected chi connectivity index (χ0v) is 12.3. The lowest BCUT2D eigenvalue weighted by Gasteiger charge is -2.32. The van der Waals surface area contributed by atoms with E-state index >= 15 is 0 Å². The second-order valence-electron chi connectivity index (χ2n) is 6.56. The molecule has 1 heterocycles. The molecule has 0 aromatic rings. The largest absolute Gasteiger partial charge is 0.344 e. The molecule has 1 unspecified atom stereocenters. The Balaban J connectivity index is 2.02. The minimum absolute atomic E-state index is 0.00167. The molecule has 0 aromatic carbocycles. The van der Waals surface area contributed by atoms with Crippen molar-refractivity contribution in [1.82, 2.24) is 10.6 Å². The van der Waals surface area contributed by atoms with Crippen molar-refractivity contribution in [2.75, 3.05) is 0 Å². The van der Waals surface area contributed by atoms with Crippen LogP contribution in [-0.2, 0) is 14.4 Å². The molecule has 2 aliphatic rings. The Labute approximate surface area is 119 Å². The first-order chi connectivity index (χ1) is 9.43. The standard InChI is InChI=1S/C15H24N2O3/c1-10(2)9-15(7-3-4-8-15)14(20)16-11-5-6-12(18)17-13(11)19/h10-11H,3-9H2,1-2H3,(H,16,20)(H,17,18,19). The lowest BCUT2D eigenvalue weighted by molar-refractivity contribution is -0.140. The van der Waals surface area contributed by atoms with E-state index in [1.165, 1.54) is 0 Å². The Hall–Kier alpha value is -1.39. The molecule has 0 aromatic heterocycles. The summed E-state index contributed by atoms with van der Waals surface area (Å²) in [5.41, 5.74) is -0.310. The summed E-state index contributed by atoms with van der Waals surface area (Å²) in [4.78, 5) is 35.5. The van der Waals surface area contributed by atoms with Gasteiger partial charge >= 0.3 is 0 Å². The van der Waals surface area contributed by atoms with Crippen molar-refractivity contribution in [3.8, 4) is 0 Å². The molecular formula is C15H24N2O3. The highest BCUT2D eigenvalue weighted by Crippen LogP contribution is 2.43. The van der Waals surface area contributed by atoms with Crippen LogP contribution in [-0.4, -0.2) is 23.8 Å². The van der Waals surface area contributed by atoms with Gasteiger partial charge in [0.1, 0.15) is 6.04 Å². The first-order valence-corrected chi connectivity index (χ1v) is 7.58. The van der Waals surface area contributed by atoms with Crippen LogP contribution in [0.3, 0.4) is 0 Å². The van der Waals surface area contributed by atoms with Crippen molar-refractivity contribution < 1.29 is 14.4 Å². The molecule has 1 aliphatic carbocycles. The Morgan fingerprint density at radius 1 is 1.35 bits per heavy atom. The van der Waals surface area contributed by atoms with Crippen LogP contribution in [0.5, 0.6) is 0 Å².